The molecule has 0 radical (unpaired) electrons. The van der Waals surface area contributed by atoms with Gasteiger partial charge in [0.05, 0.1) is 0 Å². The maximum absolute atomic E-state index is 12.7. The average Bonchev–Trinajstić information content (AvgIpc) is 2.67. The van der Waals surface area contributed by atoms with Crippen LogP contribution in [0.2, 0.25) is 0 Å². The van der Waals surface area contributed by atoms with Crippen LogP contribution in [0.25, 0.3) is 0 Å². The zero-order valence-electron chi connectivity index (χ0n) is 14.6. The second-order valence-electron chi connectivity index (χ2n) is 6.20. The summed E-state index contributed by atoms with van der Waals surface area (Å²) in [5.41, 5.74) is 1.37. The number of para-hydroxylation sites is 1. The number of hydrogen-bond acceptors (Lipinski definition) is 4. The first-order valence-electron chi connectivity index (χ1n) is 8.34. The van der Waals surface area contributed by atoms with Gasteiger partial charge < -0.3 is 14.7 Å². The van der Waals surface area contributed by atoms with Crippen molar-refractivity contribution < 1.29 is 9.59 Å². The number of carbonyl (C=O) groups is 2. The van der Waals surface area contributed by atoms with E-state index < -0.39 is 0 Å². The van der Waals surface area contributed by atoms with Crippen LogP contribution >= 0.6 is 0 Å². The third kappa shape index (κ3) is 3.85. The number of likely N-dealkylation sites (N-methyl/N-ethyl adjacent to an activating group) is 1. The van der Waals surface area contributed by atoms with E-state index in [1.807, 2.05) is 37.4 Å². The summed E-state index contributed by atoms with van der Waals surface area (Å²) in [5.74, 6) is -0.357. The number of aromatic nitrogens is 1. The van der Waals surface area contributed by atoms with E-state index in [1.54, 1.807) is 30.1 Å². The van der Waals surface area contributed by atoms with E-state index in [0.29, 0.717) is 18.8 Å². The van der Waals surface area contributed by atoms with E-state index in [4.69, 9.17) is 0 Å². The third-order valence-electron chi connectivity index (χ3n) is 4.43. The van der Waals surface area contributed by atoms with Crippen molar-refractivity contribution in [3.8, 4) is 0 Å². The highest BCUT2D eigenvalue weighted by atomic mass is 16.2. The number of nitrogens with zero attached hydrogens (tertiary/aromatic N) is 4. The molecule has 1 aliphatic heterocycles. The summed E-state index contributed by atoms with van der Waals surface area (Å²) in [4.78, 5) is 35.1. The Balaban J connectivity index is 1.77. The van der Waals surface area contributed by atoms with Gasteiger partial charge in [0, 0.05) is 38.9 Å². The Labute approximate surface area is 147 Å². The van der Waals surface area contributed by atoms with Crippen molar-refractivity contribution in [1.82, 2.24) is 14.8 Å². The zero-order valence-corrected chi connectivity index (χ0v) is 14.6. The molecule has 1 fully saturated rings. The molecule has 2 amide bonds. The van der Waals surface area contributed by atoms with Gasteiger partial charge in [-0.05, 0) is 31.3 Å². The van der Waals surface area contributed by atoms with Crippen molar-refractivity contribution in [1.29, 1.82) is 0 Å². The number of amides is 2. The molecule has 2 heterocycles. The largest absolute Gasteiger partial charge is 0.335 e. The van der Waals surface area contributed by atoms with Crippen molar-refractivity contribution in [3.63, 3.8) is 0 Å². The molecule has 6 nitrogen and oxygen atoms in total. The molecular formula is C19H22N4O2. The third-order valence-corrected chi connectivity index (χ3v) is 4.43. The molecule has 3 rings (SSSR count). The quantitative estimate of drug-likeness (QED) is 0.855. The normalized spacial score (nSPS) is 15.0. The van der Waals surface area contributed by atoms with Crippen LogP contribution in [-0.2, 0) is 0 Å². The van der Waals surface area contributed by atoms with Gasteiger partial charge in [0.1, 0.15) is 11.4 Å². The Bertz CT molecular complexity index is 755. The summed E-state index contributed by atoms with van der Waals surface area (Å²) in [6.45, 7) is 3.06. The highest BCUT2D eigenvalue weighted by molar-refractivity contribution is 6.05. The molecule has 1 aromatic heterocycles. The lowest BCUT2D eigenvalue weighted by Crippen LogP contribution is -2.47. The van der Waals surface area contributed by atoms with Gasteiger partial charge in [0.2, 0.25) is 0 Å². The molecule has 0 N–H and O–H groups in total. The van der Waals surface area contributed by atoms with Gasteiger partial charge in [-0.15, -0.1) is 0 Å². The summed E-state index contributed by atoms with van der Waals surface area (Å²) in [6.07, 6.45) is 0. The highest BCUT2D eigenvalue weighted by Crippen LogP contribution is 2.15. The number of benzene rings is 1. The van der Waals surface area contributed by atoms with Gasteiger partial charge in [-0.2, -0.15) is 0 Å². The number of hydrogen-bond donors (Lipinski definition) is 0. The van der Waals surface area contributed by atoms with E-state index >= 15 is 0 Å². The lowest BCUT2D eigenvalue weighted by Gasteiger charge is -2.32. The fourth-order valence-electron chi connectivity index (χ4n) is 2.79. The van der Waals surface area contributed by atoms with Gasteiger partial charge in [-0.3, -0.25) is 9.59 Å². The van der Waals surface area contributed by atoms with E-state index in [2.05, 4.69) is 9.88 Å². The fourth-order valence-corrected chi connectivity index (χ4v) is 2.79. The Kier molecular flexibility index (Phi) is 5.09. The molecule has 0 bridgehead atoms. The summed E-state index contributed by atoms with van der Waals surface area (Å²) < 4.78 is 0. The molecule has 6 heteroatoms. The molecule has 0 spiro atoms. The van der Waals surface area contributed by atoms with Gasteiger partial charge in [0.25, 0.3) is 11.8 Å². The van der Waals surface area contributed by atoms with E-state index in [9.17, 15) is 9.59 Å². The van der Waals surface area contributed by atoms with Crippen LogP contribution in [-0.4, -0.2) is 66.9 Å². The van der Waals surface area contributed by atoms with Crippen LogP contribution in [0.15, 0.2) is 48.5 Å². The van der Waals surface area contributed by atoms with Gasteiger partial charge in [-0.1, -0.05) is 24.3 Å². The monoisotopic (exact) mass is 338 g/mol. The minimum atomic E-state index is -0.237. The van der Waals surface area contributed by atoms with Crippen molar-refractivity contribution >= 4 is 17.5 Å². The minimum Gasteiger partial charge on any atom is -0.335 e. The van der Waals surface area contributed by atoms with Crippen molar-refractivity contribution in [2.45, 2.75) is 0 Å². The standard InChI is InChI=1S/C19H22N4O2/c1-21-11-13-23(14-12-21)19(25)17-10-6-9-16(20-17)18(24)22(2)15-7-4-3-5-8-15/h3-10H,11-14H2,1-2H3. The van der Waals surface area contributed by atoms with Crippen LogP contribution in [0.5, 0.6) is 0 Å². The summed E-state index contributed by atoms with van der Waals surface area (Å²) in [7, 11) is 3.74. The number of piperazine rings is 1. The van der Waals surface area contributed by atoms with Crippen LogP contribution in [0, 0.1) is 0 Å². The van der Waals surface area contributed by atoms with Crippen molar-refractivity contribution in [3.05, 3.63) is 59.9 Å². The second-order valence-corrected chi connectivity index (χ2v) is 6.20. The van der Waals surface area contributed by atoms with Crippen LogP contribution in [0.1, 0.15) is 21.0 Å². The molecule has 1 saturated heterocycles. The summed E-state index contributed by atoms with van der Waals surface area (Å²) >= 11 is 0. The maximum atomic E-state index is 12.7. The van der Waals surface area contributed by atoms with Gasteiger partial charge in [-0.25, -0.2) is 4.98 Å². The first-order chi connectivity index (χ1) is 12.1. The first kappa shape index (κ1) is 17.1. The summed E-state index contributed by atoms with van der Waals surface area (Å²) in [6, 6.07) is 14.4. The van der Waals surface area contributed by atoms with Crippen LogP contribution < -0.4 is 4.90 Å². The molecule has 0 aliphatic carbocycles. The van der Waals surface area contributed by atoms with E-state index in [1.165, 1.54) is 4.90 Å². The summed E-state index contributed by atoms with van der Waals surface area (Å²) in [5, 5.41) is 0. The smallest absolute Gasteiger partial charge is 0.276 e. The second kappa shape index (κ2) is 7.44. The Hall–Kier alpha value is -2.73. The molecule has 0 atom stereocenters. The van der Waals surface area contributed by atoms with Gasteiger partial charge in [0.15, 0.2) is 0 Å². The number of anilines is 1. The fraction of sp³-hybridized carbons (Fsp3) is 0.316. The SMILES string of the molecule is CN1CCN(C(=O)c2cccc(C(=O)N(C)c3ccccc3)n2)CC1. The molecular weight excluding hydrogens is 316 g/mol. The Morgan fingerprint density at radius 3 is 2.24 bits per heavy atom. The molecule has 1 aliphatic rings. The molecule has 0 saturated carbocycles. The molecule has 25 heavy (non-hydrogen) atoms. The van der Waals surface area contributed by atoms with Crippen molar-refractivity contribution in [2.75, 3.05) is 45.2 Å². The predicted molar refractivity (Wildman–Crippen MR) is 96.8 cm³/mol. The number of carbonyl (C=O) groups excluding carboxylic acids is 2. The number of rotatable bonds is 3. The predicted octanol–water partition coefficient (Wildman–Crippen LogP) is 1.75. The van der Waals surface area contributed by atoms with E-state index in [-0.39, 0.29) is 17.5 Å². The highest BCUT2D eigenvalue weighted by Gasteiger charge is 2.23. The molecule has 0 unspecified atom stereocenters. The molecule has 2 aromatic rings. The maximum Gasteiger partial charge on any atom is 0.276 e. The zero-order chi connectivity index (χ0) is 17.8. The Morgan fingerprint density at radius 2 is 1.56 bits per heavy atom. The lowest BCUT2D eigenvalue weighted by atomic mass is 10.2. The van der Waals surface area contributed by atoms with Crippen molar-refractivity contribution in [2.24, 2.45) is 0 Å². The van der Waals surface area contributed by atoms with Crippen LogP contribution in [0.4, 0.5) is 5.69 Å². The van der Waals surface area contributed by atoms with Gasteiger partial charge >= 0.3 is 0 Å². The van der Waals surface area contributed by atoms with E-state index in [0.717, 1.165) is 18.8 Å². The number of pyridine rings is 1. The topological polar surface area (TPSA) is 56.8 Å². The molecule has 1 aromatic carbocycles. The first-order valence-corrected chi connectivity index (χ1v) is 8.34. The molecule has 130 valence electrons. The minimum absolute atomic E-state index is 0.120. The lowest BCUT2D eigenvalue weighted by molar-refractivity contribution is 0.0658. The van der Waals surface area contributed by atoms with Crippen LogP contribution in [0.3, 0.4) is 0 Å². The Morgan fingerprint density at radius 1 is 0.920 bits per heavy atom. The average molecular weight is 338 g/mol.